The molecule has 0 heterocycles. The molecule has 1 N–H and O–H groups in total. The minimum absolute atomic E-state index is 0.00963. The van der Waals surface area contributed by atoms with Crippen LogP contribution >= 0.6 is 0 Å². The van der Waals surface area contributed by atoms with Crippen LogP contribution in [0, 0.1) is 6.92 Å². The molecule has 2 aromatic carbocycles. The number of aryl methyl sites for hydroxylation is 1. The molecule has 5 heteroatoms. The molecule has 0 spiro atoms. The minimum Gasteiger partial charge on any atom is -0.302 e. The maximum absolute atomic E-state index is 12.8. The van der Waals surface area contributed by atoms with Gasteiger partial charge in [0.25, 0.3) is 0 Å². The first-order valence-corrected chi connectivity index (χ1v) is 9.19. The van der Waals surface area contributed by atoms with E-state index in [2.05, 4.69) is 26.8 Å². The van der Waals surface area contributed by atoms with Crippen molar-refractivity contribution in [1.29, 1.82) is 0 Å². The molecule has 0 aliphatic rings. The number of hydrogen-bond donors (Lipinski definition) is 1. The molecular weight excluding hydrogens is 316 g/mol. The van der Waals surface area contributed by atoms with Crippen LogP contribution in [0.3, 0.4) is 0 Å². The van der Waals surface area contributed by atoms with Gasteiger partial charge < -0.3 is 4.55 Å². The lowest BCUT2D eigenvalue weighted by molar-refractivity contribution is 0.564. The van der Waals surface area contributed by atoms with Crippen molar-refractivity contribution >= 4 is 21.9 Å². The van der Waals surface area contributed by atoms with Gasteiger partial charge in [0.15, 0.2) is 11.1 Å². The molecule has 0 radical (unpaired) electrons. The van der Waals surface area contributed by atoms with Crippen molar-refractivity contribution < 1.29 is 13.0 Å². The van der Waals surface area contributed by atoms with Crippen molar-refractivity contribution in [2.45, 2.75) is 47.8 Å². The highest BCUT2D eigenvalue weighted by atomic mass is 32.2. The zero-order valence-electron chi connectivity index (χ0n) is 13.1. The molecule has 0 aromatic heterocycles. The van der Waals surface area contributed by atoms with Gasteiger partial charge in [0.2, 0.25) is 0 Å². The monoisotopic (exact) mass is 336 g/mol. The Balaban J connectivity index is 2.42. The van der Waals surface area contributed by atoms with E-state index in [-0.39, 0.29) is 5.41 Å². The summed E-state index contributed by atoms with van der Waals surface area (Å²) in [5, 5.41) is 0. The van der Waals surface area contributed by atoms with Crippen molar-refractivity contribution in [3.05, 3.63) is 53.6 Å². The Bertz CT molecular complexity index is 729. The Kier molecular flexibility index (Phi) is 5.00. The molecule has 118 valence electrons. The minimum atomic E-state index is -2.01. The second-order valence-corrected chi connectivity index (χ2v) is 8.64. The van der Waals surface area contributed by atoms with Crippen LogP contribution in [0.5, 0.6) is 0 Å². The molecule has 0 saturated carbocycles. The highest BCUT2D eigenvalue weighted by Crippen LogP contribution is 2.28. The van der Waals surface area contributed by atoms with E-state index < -0.39 is 21.9 Å². The predicted octanol–water partition coefficient (Wildman–Crippen LogP) is 4.04. The maximum atomic E-state index is 12.8. The molecule has 0 saturated heterocycles. The molecule has 3 nitrogen and oxygen atoms in total. The van der Waals surface area contributed by atoms with Gasteiger partial charge in [-0.3, -0.25) is 0 Å². The first kappa shape index (κ1) is 17.1. The number of benzene rings is 2. The van der Waals surface area contributed by atoms with Gasteiger partial charge >= 0.3 is 0 Å². The van der Waals surface area contributed by atoms with E-state index in [1.165, 1.54) is 12.1 Å². The second kappa shape index (κ2) is 6.44. The SMILES string of the molecule is Cc1ccc(C(C)(C)C)cc1S(=O)c1ccc(S(=O)O)cc1. The fraction of sp³-hybridized carbons (Fsp3) is 0.294. The van der Waals surface area contributed by atoms with Gasteiger partial charge in [0, 0.05) is 9.79 Å². The summed E-state index contributed by atoms with van der Waals surface area (Å²) in [5.74, 6) is 0. The molecule has 0 aliphatic heterocycles. The van der Waals surface area contributed by atoms with Gasteiger partial charge in [-0.1, -0.05) is 32.9 Å². The van der Waals surface area contributed by atoms with Crippen molar-refractivity contribution in [1.82, 2.24) is 0 Å². The van der Waals surface area contributed by atoms with Gasteiger partial charge in [-0.25, -0.2) is 8.42 Å². The van der Waals surface area contributed by atoms with E-state index in [4.69, 9.17) is 4.55 Å². The Labute approximate surface area is 136 Å². The van der Waals surface area contributed by atoms with Crippen molar-refractivity contribution in [2.24, 2.45) is 0 Å². The quantitative estimate of drug-likeness (QED) is 0.861. The summed E-state index contributed by atoms with van der Waals surface area (Å²) in [7, 11) is -1.31. The Morgan fingerprint density at radius 1 is 0.909 bits per heavy atom. The van der Waals surface area contributed by atoms with Gasteiger partial charge in [-0.15, -0.1) is 0 Å². The molecule has 2 aromatic rings. The second-order valence-electron chi connectivity index (χ2n) is 6.22. The van der Waals surface area contributed by atoms with Crippen LogP contribution in [0.1, 0.15) is 31.9 Å². The third-order valence-electron chi connectivity index (χ3n) is 3.49. The van der Waals surface area contributed by atoms with Crippen LogP contribution < -0.4 is 0 Å². The Hall–Kier alpha value is -1.30. The molecule has 0 fully saturated rings. The molecule has 0 aliphatic carbocycles. The summed E-state index contributed by atoms with van der Waals surface area (Å²) in [5.41, 5.74) is 2.10. The largest absolute Gasteiger partial charge is 0.302 e. The summed E-state index contributed by atoms with van der Waals surface area (Å²) in [6, 6.07) is 12.4. The molecule has 2 atom stereocenters. The Morgan fingerprint density at radius 3 is 1.95 bits per heavy atom. The van der Waals surface area contributed by atoms with E-state index in [0.29, 0.717) is 9.79 Å². The normalized spacial score (nSPS) is 14.6. The third-order valence-corrected chi connectivity index (χ3v) is 5.71. The van der Waals surface area contributed by atoms with Crippen LogP contribution in [0.25, 0.3) is 0 Å². The average Bonchev–Trinajstić information content (AvgIpc) is 2.46. The Morgan fingerprint density at radius 2 is 1.45 bits per heavy atom. The summed E-state index contributed by atoms with van der Waals surface area (Å²) < 4.78 is 32.8. The number of rotatable bonds is 3. The lowest BCUT2D eigenvalue weighted by Gasteiger charge is -2.20. The van der Waals surface area contributed by atoms with Gasteiger partial charge in [0.1, 0.15) is 0 Å². The highest BCUT2D eigenvalue weighted by Gasteiger charge is 2.17. The van der Waals surface area contributed by atoms with Crippen LogP contribution in [0.4, 0.5) is 0 Å². The lowest BCUT2D eigenvalue weighted by atomic mass is 9.87. The van der Waals surface area contributed by atoms with Crippen molar-refractivity contribution in [2.75, 3.05) is 0 Å². The molecular formula is C17H20O3S2. The summed E-state index contributed by atoms with van der Waals surface area (Å²) in [4.78, 5) is 1.72. The van der Waals surface area contributed by atoms with Crippen LogP contribution in [-0.2, 0) is 27.3 Å². The fourth-order valence-electron chi connectivity index (χ4n) is 2.07. The topological polar surface area (TPSA) is 54.4 Å². The highest BCUT2D eigenvalue weighted by molar-refractivity contribution is 7.85. The van der Waals surface area contributed by atoms with Crippen LogP contribution in [0.2, 0.25) is 0 Å². The third kappa shape index (κ3) is 3.72. The standard InChI is InChI=1S/C17H20O3S2/c1-12-5-6-13(17(2,3)4)11-16(12)21(18)14-7-9-15(10-8-14)22(19)20/h5-11H,1-4H3,(H,19,20). The zero-order chi connectivity index (χ0) is 16.5. The molecule has 2 unspecified atom stereocenters. The predicted molar refractivity (Wildman–Crippen MR) is 90.0 cm³/mol. The van der Waals surface area contributed by atoms with E-state index in [9.17, 15) is 8.42 Å². The fourth-order valence-corrected chi connectivity index (χ4v) is 3.67. The first-order chi connectivity index (χ1) is 10.2. The lowest BCUT2D eigenvalue weighted by Crippen LogP contribution is -2.12. The molecule has 22 heavy (non-hydrogen) atoms. The molecule has 0 bridgehead atoms. The zero-order valence-corrected chi connectivity index (χ0v) is 14.8. The average molecular weight is 336 g/mol. The van der Waals surface area contributed by atoms with Gasteiger partial charge in [-0.05, 0) is 53.8 Å². The smallest absolute Gasteiger partial charge is 0.186 e. The van der Waals surface area contributed by atoms with Crippen LogP contribution in [-0.4, -0.2) is 13.0 Å². The van der Waals surface area contributed by atoms with Gasteiger partial charge in [0.05, 0.1) is 15.7 Å². The summed E-state index contributed by atoms with van der Waals surface area (Å²) in [6.45, 7) is 8.30. The van der Waals surface area contributed by atoms with E-state index in [1.54, 1.807) is 12.1 Å². The van der Waals surface area contributed by atoms with Crippen LogP contribution in [0.15, 0.2) is 57.2 Å². The first-order valence-electron chi connectivity index (χ1n) is 6.94. The van der Waals surface area contributed by atoms with E-state index in [0.717, 1.165) is 16.0 Å². The summed E-state index contributed by atoms with van der Waals surface area (Å²) >= 11 is -2.01. The molecule has 0 amide bonds. The van der Waals surface area contributed by atoms with Crippen molar-refractivity contribution in [3.8, 4) is 0 Å². The summed E-state index contributed by atoms with van der Waals surface area (Å²) in [6.07, 6.45) is 0. The van der Waals surface area contributed by atoms with E-state index >= 15 is 0 Å². The van der Waals surface area contributed by atoms with E-state index in [1.807, 2.05) is 19.1 Å². The molecule has 2 rings (SSSR count). The maximum Gasteiger partial charge on any atom is 0.186 e. The number of hydrogen-bond acceptors (Lipinski definition) is 2. The van der Waals surface area contributed by atoms with Crippen molar-refractivity contribution in [3.63, 3.8) is 0 Å². The van der Waals surface area contributed by atoms with Gasteiger partial charge in [-0.2, -0.15) is 0 Å².